The Balaban J connectivity index is 1.32. The molecule has 4 aliphatic carbocycles. The maximum Gasteiger partial charge on any atom is 0.178 e. The molecule has 6 atom stereocenters. The zero-order valence-electron chi connectivity index (χ0n) is 11.8. The Morgan fingerprint density at radius 2 is 1.25 bits per heavy atom. The molecule has 0 aromatic carbocycles. The minimum Gasteiger partial charge on any atom is -0.290 e. The minimum atomic E-state index is 0.170. The molecule has 0 heterocycles. The fraction of sp³-hybridized carbons (Fsp3) is 0.526. The summed E-state index contributed by atoms with van der Waals surface area (Å²) in [5, 5.41) is 0. The fourth-order valence-electron chi connectivity index (χ4n) is 4.58. The molecule has 1 heteroatoms. The van der Waals surface area contributed by atoms with Gasteiger partial charge in [0.2, 0.25) is 0 Å². The highest BCUT2D eigenvalue weighted by Gasteiger charge is 2.34. The summed E-state index contributed by atoms with van der Waals surface area (Å²) in [5.41, 5.74) is 0. The van der Waals surface area contributed by atoms with Crippen LogP contribution in [0.2, 0.25) is 0 Å². The molecule has 104 valence electrons. The van der Waals surface area contributed by atoms with E-state index in [-0.39, 0.29) is 5.78 Å². The number of carbonyl (C=O) groups is 1. The smallest absolute Gasteiger partial charge is 0.178 e. The molecule has 20 heavy (non-hydrogen) atoms. The monoisotopic (exact) mass is 266 g/mol. The van der Waals surface area contributed by atoms with E-state index in [9.17, 15) is 4.79 Å². The maximum atomic E-state index is 12.0. The quantitative estimate of drug-likeness (QED) is 0.553. The summed E-state index contributed by atoms with van der Waals surface area (Å²) in [6.45, 7) is 0. The highest BCUT2D eigenvalue weighted by atomic mass is 16.1. The summed E-state index contributed by atoms with van der Waals surface area (Å²) >= 11 is 0. The number of fused-ring (bicyclic) bond motifs is 4. The number of hydrogen-bond acceptors (Lipinski definition) is 1. The van der Waals surface area contributed by atoms with Crippen molar-refractivity contribution in [1.82, 2.24) is 0 Å². The summed E-state index contributed by atoms with van der Waals surface area (Å²) in [5.74, 6) is 4.33. The van der Waals surface area contributed by atoms with Crippen molar-refractivity contribution >= 4 is 5.78 Å². The Kier molecular flexibility index (Phi) is 3.02. The largest absolute Gasteiger partial charge is 0.290 e. The van der Waals surface area contributed by atoms with Crippen LogP contribution in [-0.2, 0) is 4.79 Å². The van der Waals surface area contributed by atoms with Crippen molar-refractivity contribution in [3.8, 4) is 0 Å². The zero-order chi connectivity index (χ0) is 13.5. The molecule has 0 amide bonds. The van der Waals surface area contributed by atoms with Gasteiger partial charge in [0, 0.05) is 0 Å². The SMILES string of the molecule is O=C(C=CC1CC2C=CC1C2)C=CC1CC2C=CC1C2. The molecule has 4 rings (SSSR count). The predicted molar refractivity (Wildman–Crippen MR) is 81.0 cm³/mol. The van der Waals surface area contributed by atoms with Crippen LogP contribution in [0.3, 0.4) is 0 Å². The first-order chi connectivity index (χ1) is 9.78. The van der Waals surface area contributed by atoms with Crippen molar-refractivity contribution in [2.24, 2.45) is 35.5 Å². The second kappa shape index (κ2) is 4.87. The van der Waals surface area contributed by atoms with Gasteiger partial charge in [0.1, 0.15) is 0 Å². The number of allylic oxidation sites excluding steroid dienone is 8. The summed E-state index contributed by atoms with van der Waals surface area (Å²) in [7, 11) is 0. The molecule has 4 bridgehead atoms. The first-order valence-electron chi connectivity index (χ1n) is 8.05. The molecule has 0 spiro atoms. The van der Waals surface area contributed by atoms with Crippen LogP contribution in [0.15, 0.2) is 48.6 Å². The third-order valence-electron chi connectivity index (χ3n) is 5.68. The minimum absolute atomic E-state index is 0.170. The van der Waals surface area contributed by atoms with Crippen LogP contribution < -0.4 is 0 Å². The topological polar surface area (TPSA) is 17.1 Å². The van der Waals surface area contributed by atoms with Gasteiger partial charge in [0.05, 0.1) is 0 Å². The number of hydrogen-bond donors (Lipinski definition) is 0. The van der Waals surface area contributed by atoms with Crippen LogP contribution in [0, 0.1) is 35.5 Å². The van der Waals surface area contributed by atoms with Gasteiger partial charge in [-0.2, -0.15) is 0 Å². The van der Waals surface area contributed by atoms with Crippen molar-refractivity contribution in [2.45, 2.75) is 25.7 Å². The average Bonchev–Trinajstić information content (AvgIpc) is 3.21. The van der Waals surface area contributed by atoms with E-state index in [1.807, 2.05) is 0 Å². The van der Waals surface area contributed by atoms with E-state index in [0.29, 0.717) is 23.7 Å². The third-order valence-corrected chi connectivity index (χ3v) is 5.68. The number of ketones is 1. The molecule has 0 aromatic rings. The average molecular weight is 266 g/mol. The lowest BCUT2D eigenvalue weighted by atomic mass is 9.92. The van der Waals surface area contributed by atoms with Crippen LogP contribution in [0.4, 0.5) is 0 Å². The molecule has 2 fully saturated rings. The summed E-state index contributed by atoms with van der Waals surface area (Å²) in [6, 6.07) is 0. The lowest BCUT2D eigenvalue weighted by molar-refractivity contribution is -0.110. The molecule has 0 radical (unpaired) electrons. The Morgan fingerprint density at radius 1 is 0.750 bits per heavy atom. The molecule has 0 N–H and O–H groups in total. The van der Waals surface area contributed by atoms with Gasteiger partial charge in [-0.25, -0.2) is 0 Å². The normalized spacial score (nSPS) is 44.6. The first-order valence-corrected chi connectivity index (χ1v) is 8.05. The van der Waals surface area contributed by atoms with Crippen molar-refractivity contribution in [3.05, 3.63) is 48.6 Å². The van der Waals surface area contributed by atoms with E-state index >= 15 is 0 Å². The summed E-state index contributed by atoms with van der Waals surface area (Å²) in [4.78, 5) is 12.0. The Hall–Kier alpha value is -1.37. The molecule has 0 aromatic heterocycles. The predicted octanol–water partition coefficient (Wildman–Crippen LogP) is 4.09. The molecule has 0 aliphatic heterocycles. The molecule has 0 saturated heterocycles. The standard InChI is InChI=1S/C19H22O/c20-19(7-5-17-11-13-1-3-15(17)9-13)8-6-18-12-14-2-4-16(18)10-14/h1-8,13-18H,9-12H2. The second-order valence-corrected chi connectivity index (χ2v) is 7.01. The number of carbonyl (C=O) groups excluding carboxylic acids is 1. The highest BCUT2D eigenvalue weighted by molar-refractivity contribution is 5.99. The molecule has 1 nitrogen and oxygen atoms in total. The summed E-state index contributed by atoms with van der Waals surface area (Å²) < 4.78 is 0. The maximum absolute atomic E-state index is 12.0. The van der Waals surface area contributed by atoms with Gasteiger partial charge >= 0.3 is 0 Å². The van der Waals surface area contributed by atoms with Gasteiger partial charge in [-0.1, -0.05) is 36.5 Å². The van der Waals surface area contributed by atoms with Crippen molar-refractivity contribution in [1.29, 1.82) is 0 Å². The number of rotatable bonds is 4. The van der Waals surface area contributed by atoms with E-state index in [1.165, 1.54) is 25.7 Å². The van der Waals surface area contributed by atoms with Crippen molar-refractivity contribution in [2.75, 3.05) is 0 Å². The van der Waals surface area contributed by atoms with Crippen LogP contribution >= 0.6 is 0 Å². The van der Waals surface area contributed by atoms with E-state index < -0.39 is 0 Å². The van der Waals surface area contributed by atoms with Gasteiger partial charge in [0.15, 0.2) is 5.78 Å². The van der Waals surface area contributed by atoms with Crippen LogP contribution in [-0.4, -0.2) is 5.78 Å². The van der Waals surface area contributed by atoms with E-state index in [4.69, 9.17) is 0 Å². The summed E-state index contributed by atoms with van der Waals surface area (Å²) in [6.07, 6.45) is 22.4. The van der Waals surface area contributed by atoms with Gasteiger partial charge in [-0.3, -0.25) is 4.79 Å². The van der Waals surface area contributed by atoms with E-state index in [2.05, 4.69) is 36.5 Å². The Labute approximate surface area is 121 Å². The molecular formula is C19H22O. The first kappa shape index (κ1) is 12.4. The lowest BCUT2D eigenvalue weighted by Gasteiger charge is -2.13. The Morgan fingerprint density at radius 3 is 1.60 bits per heavy atom. The lowest BCUT2D eigenvalue weighted by Crippen LogP contribution is -2.05. The molecule has 6 unspecified atom stereocenters. The van der Waals surface area contributed by atoms with Crippen molar-refractivity contribution < 1.29 is 4.79 Å². The molecule has 4 aliphatic rings. The molecule has 2 saturated carbocycles. The van der Waals surface area contributed by atoms with Crippen LogP contribution in [0.1, 0.15) is 25.7 Å². The van der Waals surface area contributed by atoms with Crippen LogP contribution in [0.5, 0.6) is 0 Å². The van der Waals surface area contributed by atoms with Gasteiger partial charge < -0.3 is 0 Å². The zero-order valence-corrected chi connectivity index (χ0v) is 11.8. The van der Waals surface area contributed by atoms with Gasteiger partial charge in [0.25, 0.3) is 0 Å². The highest BCUT2D eigenvalue weighted by Crippen LogP contribution is 2.44. The van der Waals surface area contributed by atoms with E-state index in [0.717, 1.165) is 11.8 Å². The van der Waals surface area contributed by atoms with Gasteiger partial charge in [-0.15, -0.1) is 0 Å². The third kappa shape index (κ3) is 2.24. The van der Waals surface area contributed by atoms with Crippen molar-refractivity contribution in [3.63, 3.8) is 0 Å². The Bertz CT molecular complexity index is 476. The van der Waals surface area contributed by atoms with Crippen LogP contribution in [0.25, 0.3) is 0 Å². The second-order valence-electron chi connectivity index (χ2n) is 7.01. The molecular weight excluding hydrogens is 244 g/mol. The fourth-order valence-corrected chi connectivity index (χ4v) is 4.58. The van der Waals surface area contributed by atoms with Gasteiger partial charge in [-0.05, 0) is 73.3 Å². The van der Waals surface area contributed by atoms with E-state index in [1.54, 1.807) is 12.2 Å².